The summed E-state index contributed by atoms with van der Waals surface area (Å²) in [6.07, 6.45) is 4.76. The second-order valence-electron chi connectivity index (χ2n) is 7.32. The van der Waals surface area contributed by atoms with E-state index in [-0.39, 0.29) is 5.91 Å². The van der Waals surface area contributed by atoms with Crippen molar-refractivity contribution < 1.29 is 4.79 Å². The van der Waals surface area contributed by atoms with Crippen molar-refractivity contribution in [3.05, 3.63) is 36.5 Å². The molecule has 0 unspecified atom stereocenters. The predicted octanol–water partition coefficient (Wildman–Crippen LogP) is 3.84. The fourth-order valence-corrected chi connectivity index (χ4v) is 5.05. The van der Waals surface area contributed by atoms with E-state index in [1.807, 2.05) is 29.1 Å². The molecule has 4 rings (SSSR count). The number of hydrogen-bond donors (Lipinski definition) is 1. The lowest BCUT2D eigenvalue weighted by Gasteiger charge is -2.17. The van der Waals surface area contributed by atoms with E-state index in [4.69, 9.17) is 9.97 Å². The lowest BCUT2D eigenvalue weighted by atomic mass is 10.3. The van der Waals surface area contributed by atoms with E-state index >= 15 is 0 Å². The Bertz CT molecular complexity index is 1000. The SMILES string of the molecule is CCSc1nc(N2CCCC2)c2cnn(CCNC(=O)CCSc3ccccc3)c2n1. The molecule has 3 heterocycles. The Morgan fingerprint density at radius 1 is 1.13 bits per heavy atom. The molecule has 1 amide bonds. The van der Waals surface area contributed by atoms with E-state index in [9.17, 15) is 4.79 Å². The van der Waals surface area contributed by atoms with E-state index in [1.165, 1.54) is 17.7 Å². The first-order valence-electron chi connectivity index (χ1n) is 10.8. The van der Waals surface area contributed by atoms with E-state index < -0.39 is 0 Å². The molecule has 0 saturated carbocycles. The second kappa shape index (κ2) is 10.9. The Kier molecular flexibility index (Phi) is 7.69. The van der Waals surface area contributed by atoms with Gasteiger partial charge in [0.05, 0.1) is 18.1 Å². The molecular formula is C22H28N6OS2. The molecule has 1 aliphatic heterocycles. The summed E-state index contributed by atoms with van der Waals surface area (Å²) >= 11 is 3.35. The molecule has 0 radical (unpaired) electrons. The van der Waals surface area contributed by atoms with Crippen molar-refractivity contribution in [2.24, 2.45) is 0 Å². The number of anilines is 1. The van der Waals surface area contributed by atoms with Gasteiger partial charge in [0.25, 0.3) is 0 Å². The van der Waals surface area contributed by atoms with Crippen LogP contribution in [0.1, 0.15) is 26.2 Å². The lowest BCUT2D eigenvalue weighted by Crippen LogP contribution is -2.27. The first kappa shape index (κ1) is 22.0. The normalized spacial score (nSPS) is 13.8. The van der Waals surface area contributed by atoms with Crippen molar-refractivity contribution in [1.82, 2.24) is 25.1 Å². The van der Waals surface area contributed by atoms with Crippen LogP contribution in [0.3, 0.4) is 0 Å². The molecule has 9 heteroatoms. The molecule has 1 saturated heterocycles. The smallest absolute Gasteiger partial charge is 0.220 e. The third-order valence-corrected chi connectivity index (χ3v) is 6.86. The van der Waals surface area contributed by atoms with E-state index in [0.29, 0.717) is 19.5 Å². The quantitative estimate of drug-likeness (QED) is 0.367. The van der Waals surface area contributed by atoms with Gasteiger partial charge >= 0.3 is 0 Å². The van der Waals surface area contributed by atoms with Gasteiger partial charge in [0.2, 0.25) is 5.91 Å². The molecule has 164 valence electrons. The molecule has 31 heavy (non-hydrogen) atoms. The van der Waals surface area contributed by atoms with Crippen molar-refractivity contribution in [3.8, 4) is 0 Å². The minimum atomic E-state index is 0.0644. The molecule has 0 spiro atoms. The number of thioether (sulfide) groups is 2. The van der Waals surface area contributed by atoms with E-state index in [0.717, 1.165) is 46.6 Å². The van der Waals surface area contributed by atoms with Crippen molar-refractivity contribution in [3.63, 3.8) is 0 Å². The summed E-state index contributed by atoms with van der Waals surface area (Å²) in [5.74, 6) is 2.75. The number of nitrogens with zero attached hydrogens (tertiary/aromatic N) is 5. The summed E-state index contributed by atoms with van der Waals surface area (Å²) in [6, 6.07) is 10.2. The number of carbonyl (C=O) groups is 1. The Morgan fingerprint density at radius 2 is 1.94 bits per heavy atom. The van der Waals surface area contributed by atoms with Crippen LogP contribution < -0.4 is 10.2 Å². The molecule has 7 nitrogen and oxygen atoms in total. The summed E-state index contributed by atoms with van der Waals surface area (Å²) in [7, 11) is 0. The Morgan fingerprint density at radius 3 is 2.71 bits per heavy atom. The zero-order chi connectivity index (χ0) is 21.5. The maximum Gasteiger partial charge on any atom is 0.220 e. The first-order chi connectivity index (χ1) is 15.2. The maximum absolute atomic E-state index is 12.2. The Labute approximate surface area is 191 Å². The van der Waals surface area contributed by atoms with Crippen LogP contribution >= 0.6 is 23.5 Å². The molecule has 0 bridgehead atoms. The molecular weight excluding hydrogens is 428 g/mol. The highest BCUT2D eigenvalue weighted by molar-refractivity contribution is 7.99. The molecule has 1 N–H and O–H groups in total. The van der Waals surface area contributed by atoms with Gasteiger partial charge in [-0.25, -0.2) is 14.6 Å². The molecule has 0 atom stereocenters. The summed E-state index contributed by atoms with van der Waals surface area (Å²) < 4.78 is 1.88. The average molecular weight is 457 g/mol. The third-order valence-electron chi connectivity index (χ3n) is 5.12. The van der Waals surface area contributed by atoms with Crippen LogP contribution in [0.15, 0.2) is 46.6 Å². The number of carbonyl (C=O) groups excluding carboxylic acids is 1. The van der Waals surface area contributed by atoms with Crippen molar-refractivity contribution in [1.29, 1.82) is 0 Å². The standard InChI is InChI=1S/C22H28N6OS2/c1-2-30-22-25-20(27-12-6-7-13-27)18-16-24-28(21(18)26-22)14-11-23-19(29)10-15-31-17-8-4-3-5-9-17/h3-5,8-9,16H,2,6-7,10-15H2,1H3,(H,23,29). The van der Waals surface area contributed by atoms with Gasteiger partial charge in [0, 0.05) is 36.7 Å². The third kappa shape index (κ3) is 5.71. The predicted molar refractivity (Wildman–Crippen MR) is 128 cm³/mol. The summed E-state index contributed by atoms with van der Waals surface area (Å²) in [4.78, 5) is 25.3. The minimum absolute atomic E-state index is 0.0644. The van der Waals surface area contributed by atoms with Gasteiger partial charge in [-0.15, -0.1) is 11.8 Å². The van der Waals surface area contributed by atoms with Gasteiger partial charge in [0.1, 0.15) is 5.82 Å². The fourth-order valence-electron chi connectivity index (χ4n) is 3.62. The van der Waals surface area contributed by atoms with Gasteiger partial charge in [-0.05, 0) is 30.7 Å². The highest BCUT2D eigenvalue weighted by Crippen LogP contribution is 2.29. The first-order valence-corrected chi connectivity index (χ1v) is 12.8. The molecule has 3 aromatic rings. The molecule has 1 aromatic carbocycles. The summed E-state index contributed by atoms with van der Waals surface area (Å²) in [5, 5.41) is 9.35. The Balaban J connectivity index is 1.35. The highest BCUT2D eigenvalue weighted by Gasteiger charge is 2.20. The van der Waals surface area contributed by atoms with Crippen LogP contribution in [0.4, 0.5) is 5.82 Å². The highest BCUT2D eigenvalue weighted by atomic mass is 32.2. The number of benzene rings is 1. The summed E-state index contributed by atoms with van der Waals surface area (Å²) in [6.45, 7) is 5.30. The maximum atomic E-state index is 12.2. The van der Waals surface area contributed by atoms with Crippen molar-refractivity contribution >= 4 is 46.3 Å². The molecule has 2 aromatic heterocycles. The number of rotatable bonds is 10. The largest absolute Gasteiger partial charge is 0.356 e. The van der Waals surface area contributed by atoms with E-state index in [1.54, 1.807) is 23.5 Å². The van der Waals surface area contributed by atoms with Crippen LogP contribution in [0.5, 0.6) is 0 Å². The van der Waals surface area contributed by atoms with Crippen molar-refractivity contribution in [2.45, 2.75) is 42.8 Å². The van der Waals surface area contributed by atoms with Crippen LogP contribution in [-0.4, -0.2) is 56.8 Å². The van der Waals surface area contributed by atoms with Gasteiger partial charge in [0.15, 0.2) is 10.8 Å². The van der Waals surface area contributed by atoms with Crippen LogP contribution in [0, 0.1) is 0 Å². The molecule has 0 aliphatic carbocycles. The summed E-state index contributed by atoms with van der Waals surface area (Å²) in [5.41, 5.74) is 0.849. The van der Waals surface area contributed by atoms with Gasteiger partial charge in [-0.3, -0.25) is 4.79 Å². The Hall–Kier alpha value is -2.26. The number of aromatic nitrogens is 4. The van der Waals surface area contributed by atoms with Gasteiger partial charge < -0.3 is 10.2 Å². The fraction of sp³-hybridized carbons (Fsp3) is 0.455. The van der Waals surface area contributed by atoms with Crippen LogP contribution in [-0.2, 0) is 11.3 Å². The number of nitrogens with one attached hydrogen (secondary N) is 1. The lowest BCUT2D eigenvalue weighted by molar-refractivity contribution is -0.120. The monoisotopic (exact) mass is 456 g/mol. The number of fused-ring (bicyclic) bond motifs is 1. The van der Waals surface area contributed by atoms with Crippen LogP contribution in [0.2, 0.25) is 0 Å². The number of hydrogen-bond acceptors (Lipinski definition) is 7. The topological polar surface area (TPSA) is 75.9 Å². The average Bonchev–Trinajstić information content (AvgIpc) is 3.45. The van der Waals surface area contributed by atoms with Gasteiger partial charge in [-0.2, -0.15) is 5.10 Å². The second-order valence-corrected chi connectivity index (χ2v) is 9.72. The number of amides is 1. The molecule has 1 aliphatic rings. The molecule has 1 fully saturated rings. The zero-order valence-electron chi connectivity index (χ0n) is 17.8. The zero-order valence-corrected chi connectivity index (χ0v) is 19.4. The van der Waals surface area contributed by atoms with E-state index in [2.05, 4.69) is 34.4 Å². The minimum Gasteiger partial charge on any atom is -0.356 e. The van der Waals surface area contributed by atoms with Crippen molar-refractivity contribution in [2.75, 3.05) is 36.0 Å². The van der Waals surface area contributed by atoms with Gasteiger partial charge in [-0.1, -0.05) is 36.9 Å². The van der Waals surface area contributed by atoms with Crippen LogP contribution in [0.25, 0.3) is 11.0 Å².